The van der Waals surface area contributed by atoms with Gasteiger partial charge >= 0.3 is 0 Å². The lowest BCUT2D eigenvalue weighted by Gasteiger charge is -2.36. The molecule has 3 aliphatic rings. The van der Waals surface area contributed by atoms with Crippen LogP contribution in [0.15, 0.2) is 5.38 Å². The predicted molar refractivity (Wildman–Crippen MR) is 89.3 cm³/mol. The van der Waals surface area contributed by atoms with Crippen LogP contribution in [0.4, 0.5) is 0 Å². The topological polar surface area (TPSA) is 45.7 Å². The number of carbonyl (C=O) groups is 1. The Morgan fingerprint density at radius 3 is 2.91 bits per heavy atom. The van der Waals surface area contributed by atoms with Gasteiger partial charge in [-0.3, -0.25) is 9.69 Å². The molecular formula is C17H25N3O2S. The fraction of sp³-hybridized carbons (Fsp3) is 0.765. The number of thiazole rings is 1. The number of hydrogen-bond acceptors (Lipinski definition) is 5. The summed E-state index contributed by atoms with van der Waals surface area (Å²) in [5.74, 6) is 0.551. The van der Waals surface area contributed by atoms with Crippen LogP contribution in [0.1, 0.15) is 31.0 Å². The molecule has 1 unspecified atom stereocenters. The molecule has 0 radical (unpaired) electrons. The first-order valence-electron chi connectivity index (χ1n) is 8.49. The average Bonchev–Trinajstić information content (AvgIpc) is 2.88. The number of nitrogens with zero attached hydrogens (tertiary/aromatic N) is 3. The van der Waals surface area contributed by atoms with E-state index in [1.807, 2.05) is 11.8 Å². The van der Waals surface area contributed by atoms with Crippen molar-refractivity contribution in [1.82, 2.24) is 14.8 Å². The highest BCUT2D eigenvalue weighted by atomic mass is 32.1. The Morgan fingerprint density at radius 1 is 1.48 bits per heavy atom. The highest BCUT2D eigenvalue weighted by molar-refractivity contribution is 7.09. The monoisotopic (exact) mass is 335 g/mol. The van der Waals surface area contributed by atoms with Gasteiger partial charge in [-0.2, -0.15) is 0 Å². The second kappa shape index (κ2) is 5.53. The molecule has 1 aliphatic carbocycles. The van der Waals surface area contributed by atoms with Gasteiger partial charge in [-0.15, -0.1) is 11.3 Å². The van der Waals surface area contributed by atoms with Crippen LogP contribution in [0.5, 0.6) is 0 Å². The van der Waals surface area contributed by atoms with E-state index in [9.17, 15) is 4.79 Å². The minimum atomic E-state index is 0.161. The fourth-order valence-electron chi connectivity index (χ4n) is 3.93. The first-order chi connectivity index (χ1) is 10.9. The molecule has 23 heavy (non-hydrogen) atoms. The second-order valence-electron chi connectivity index (χ2n) is 7.79. The Balaban J connectivity index is 1.43. The Labute approximate surface area is 141 Å². The number of aryl methyl sites for hydroxylation is 1. The molecule has 5 nitrogen and oxygen atoms in total. The molecule has 2 saturated heterocycles. The Kier molecular flexibility index (Phi) is 3.74. The maximum absolute atomic E-state index is 12.7. The van der Waals surface area contributed by atoms with Gasteiger partial charge in [-0.1, -0.05) is 13.8 Å². The van der Waals surface area contributed by atoms with Gasteiger partial charge in [0.25, 0.3) is 0 Å². The zero-order valence-corrected chi connectivity index (χ0v) is 14.9. The lowest BCUT2D eigenvalue weighted by atomic mass is 10.1. The Bertz CT molecular complexity index is 615. The van der Waals surface area contributed by atoms with Crippen LogP contribution in [0, 0.1) is 18.3 Å². The third-order valence-corrected chi connectivity index (χ3v) is 6.39. The van der Waals surface area contributed by atoms with E-state index in [1.165, 1.54) is 0 Å². The van der Waals surface area contributed by atoms with Gasteiger partial charge in [0.15, 0.2) is 0 Å². The molecule has 1 aromatic rings. The van der Waals surface area contributed by atoms with E-state index in [2.05, 4.69) is 29.1 Å². The van der Waals surface area contributed by atoms with Crippen LogP contribution >= 0.6 is 11.3 Å². The number of carbonyl (C=O) groups excluding carboxylic acids is 1. The molecule has 1 amide bonds. The smallest absolute Gasteiger partial charge is 0.226 e. The van der Waals surface area contributed by atoms with Crippen LogP contribution in [-0.4, -0.2) is 59.1 Å². The summed E-state index contributed by atoms with van der Waals surface area (Å²) < 4.78 is 5.95. The molecule has 6 heteroatoms. The lowest BCUT2D eigenvalue weighted by molar-refractivity contribution is -0.132. The number of hydrogen-bond donors (Lipinski definition) is 0. The lowest BCUT2D eigenvalue weighted by Crippen LogP contribution is -2.50. The Hall–Kier alpha value is -0.980. The quantitative estimate of drug-likeness (QED) is 0.846. The zero-order valence-electron chi connectivity index (χ0n) is 14.1. The van der Waals surface area contributed by atoms with Gasteiger partial charge in [-0.05, 0) is 18.8 Å². The summed E-state index contributed by atoms with van der Waals surface area (Å²) in [6.45, 7) is 10.5. The molecular weight excluding hydrogens is 310 g/mol. The van der Waals surface area contributed by atoms with E-state index in [4.69, 9.17) is 4.74 Å². The first kappa shape index (κ1) is 15.5. The van der Waals surface area contributed by atoms with E-state index in [0.29, 0.717) is 11.9 Å². The van der Waals surface area contributed by atoms with Gasteiger partial charge in [0, 0.05) is 37.5 Å². The Morgan fingerprint density at radius 2 is 2.26 bits per heavy atom. The number of ether oxygens (including phenoxy) is 1. The van der Waals surface area contributed by atoms with Gasteiger partial charge in [0.1, 0.15) is 0 Å². The van der Waals surface area contributed by atoms with Crippen LogP contribution in [-0.2, 0) is 16.1 Å². The van der Waals surface area contributed by atoms with E-state index < -0.39 is 0 Å². The van der Waals surface area contributed by atoms with E-state index >= 15 is 0 Å². The molecule has 1 aromatic heterocycles. The van der Waals surface area contributed by atoms with Crippen molar-refractivity contribution in [3.8, 4) is 0 Å². The summed E-state index contributed by atoms with van der Waals surface area (Å²) in [5.41, 5.74) is 1.34. The van der Waals surface area contributed by atoms with Crippen LogP contribution in [0.25, 0.3) is 0 Å². The molecule has 0 aromatic carbocycles. The fourth-order valence-corrected chi connectivity index (χ4v) is 4.54. The highest BCUT2D eigenvalue weighted by Gasteiger charge is 2.54. The molecule has 3 heterocycles. The van der Waals surface area contributed by atoms with Crippen molar-refractivity contribution < 1.29 is 9.53 Å². The van der Waals surface area contributed by atoms with E-state index in [1.54, 1.807) is 11.3 Å². The third-order valence-electron chi connectivity index (χ3n) is 5.57. The zero-order chi connectivity index (χ0) is 16.2. The molecule has 3 atom stereocenters. The summed E-state index contributed by atoms with van der Waals surface area (Å²) in [7, 11) is 0. The van der Waals surface area contributed by atoms with Crippen LogP contribution in [0.2, 0.25) is 0 Å². The van der Waals surface area contributed by atoms with E-state index in [-0.39, 0.29) is 17.4 Å². The summed E-state index contributed by atoms with van der Waals surface area (Å²) in [6.07, 6.45) is 1.19. The number of morpholine rings is 1. The van der Waals surface area contributed by atoms with Crippen molar-refractivity contribution >= 4 is 17.2 Å². The normalized spacial score (nSPS) is 32.8. The molecule has 3 fully saturated rings. The van der Waals surface area contributed by atoms with Gasteiger partial charge in [-0.25, -0.2) is 4.98 Å². The van der Waals surface area contributed by atoms with Crippen molar-refractivity contribution in [2.75, 3.05) is 26.2 Å². The summed E-state index contributed by atoms with van der Waals surface area (Å²) in [5, 5.41) is 3.26. The minimum Gasteiger partial charge on any atom is -0.373 e. The predicted octanol–water partition coefficient (Wildman–Crippen LogP) is 1.91. The van der Waals surface area contributed by atoms with Crippen LogP contribution in [0.3, 0.4) is 0 Å². The van der Waals surface area contributed by atoms with Gasteiger partial charge < -0.3 is 9.64 Å². The minimum absolute atomic E-state index is 0.161. The molecule has 0 N–H and O–H groups in total. The van der Waals surface area contributed by atoms with Crippen molar-refractivity contribution in [3.05, 3.63) is 16.1 Å². The van der Waals surface area contributed by atoms with Crippen LogP contribution < -0.4 is 0 Å². The first-order valence-corrected chi connectivity index (χ1v) is 9.37. The highest BCUT2D eigenvalue weighted by Crippen LogP contribution is 2.52. The van der Waals surface area contributed by atoms with E-state index in [0.717, 1.165) is 49.9 Å². The molecule has 0 bridgehead atoms. The van der Waals surface area contributed by atoms with Crippen molar-refractivity contribution in [3.63, 3.8) is 0 Å². The summed E-state index contributed by atoms with van der Waals surface area (Å²) >= 11 is 1.70. The van der Waals surface area contributed by atoms with Gasteiger partial charge in [0.2, 0.25) is 5.91 Å². The number of aromatic nitrogens is 1. The number of amides is 1. The van der Waals surface area contributed by atoms with Gasteiger partial charge in [0.05, 0.1) is 29.5 Å². The standard InChI is InChI=1S/C17H25N3O2S/c1-11-18-12(10-23-11)7-19-4-5-22-15-9-20(8-14(15)19)16(21)13-6-17(13,2)3/h10,13-15H,4-9H2,1-3H3/t13?,14-,15-/m0/s1. The van der Waals surface area contributed by atoms with Crippen molar-refractivity contribution in [2.24, 2.45) is 11.3 Å². The third kappa shape index (κ3) is 2.92. The summed E-state index contributed by atoms with van der Waals surface area (Å²) in [4.78, 5) is 21.8. The molecule has 4 rings (SSSR count). The second-order valence-corrected chi connectivity index (χ2v) is 8.86. The SMILES string of the molecule is Cc1nc(CN2CCO[C@H]3CN(C(=O)C4CC4(C)C)C[C@@H]32)cs1. The molecule has 1 saturated carbocycles. The maximum atomic E-state index is 12.7. The molecule has 2 aliphatic heterocycles. The maximum Gasteiger partial charge on any atom is 0.226 e. The average molecular weight is 335 g/mol. The van der Waals surface area contributed by atoms with Crippen molar-refractivity contribution in [2.45, 2.75) is 45.9 Å². The molecule has 126 valence electrons. The summed E-state index contributed by atoms with van der Waals surface area (Å²) in [6, 6.07) is 0.316. The van der Waals surface area contributed by atoms with Crippen molar-refractivity contribution in [1.29, 1.82) is 0 Å². The number of likely N-dealkylation sites (tertiary alicyclic amines) is 1. The molecule has 0 spiro atoms. The largest absolute Gasteiger partial charge is 0.373 e. The number of rotatable bonds is 3. The number of fused-ring (bicyclic) bond motifs is 1.